The lowest BCUT2D eigenvalue weighted by Gasteiger charge is -2.21. The molecule has 0 fully saturated rings. The van der Waals surface area contributed by atoms with Crippen LogP contribution >= 0.6 is 0 Å². The minimum absolute atomic E-state index is 0.0719. The molecule has 4 aromatic rings. The molecule has 0 unspecified atom stereocenters. The van der Waals surface area contributed by atoms with Gasteiger partial charge in [0.05, 0.1) is 16.6 Å². The van der Waals surface area contributed by atoms with Gasteiger partial charge < -0.3 is 5.32 Å². The molecule has 5 nitrogen and oxygen atoms in total. The van der Waals surface area contributed by atoms with Crippen LogP contribution in [-0.4, -0.2) is 14.3 Å². The van der Waals surface area contributed by atoms with E-state index in [1.165, 1.54) is 6.07 Å². The number of aryl methyl sites for hydroxylation is 4. The number of sulfonamides is 1. The van der Waals surface area contributed by atoms with Crippen molar-refractivity contribution >= 4 is 21.6 Å². The Morgan fingerprint density at radius 1 is 0.694 bits per heavy atom. The predicted octanol–water partition coefficient (Wildman–Crippen LogP) is 6.24. The molecule has 0 saturated heterocycles. The zero-order valence-electron chi connectivity index (χ0n) is 20.9. The third-order valence-corrected chi connectivity index (χ3v) is 7.70. The Kier molecular flexibility index (Phi) is 7.27. The number of benzene rings is 4. The number of anilines is 1. The fourth-order valence-corrected chi connectivity index (χ4v) is 5.45. The van der Waals surface area contributed by atoms with E-state index in [2.05, 4.69) is 10.0 Å². The highest BCUT2D eigenvalue weighted by molar-refractivity contribution is 7.92. The van der Waals surface area contributed by atoms with Crippen molar-refractivity contribution in [1.82, 2.24) is 5.32 Å². The predicted molar refractivity (Wildman–Crippen MR) is 145 cm³/mol. The van der Waals surface area contributed by atoms with Crippen LogP contribution < -0.4 is 10.0 Å². The van der Waals surface area contributed by atoms with E-state index in [9.17, 15) is 13.2 Å². The SMILES string of the molecule is Cc1ccc([C@@H](NC(=O)c2ccc(C)c(S(=O)(=O)Nc3cc(C)ccc3C)c2)c2ccccc2)cc1. The highest BCUT2D eigenvalue weighted by atomic mass is 32.2. The van der Waals surface area contributed by atoms with Crippen LogP contribution in [-0.2, 0) is 10.0 Å². The van der Waals surface area contributed by atoms with Crippen molar-refractivity contribution < 1.29 is 13.2 Å². The van der Waals surface area contributed by atoms with Crippen LogP contribution in [0.15, 0.2) is 95.9 Å². The Bertz CT molecular complexity index is 1500. The van der Waals surface area contributed by atoms with Gasteiger partial charge in [-0.25, -0.2) is 8.42 Å². The molecule has 36 heavy (non-hydrogen) atoms. The Hall–Kier alpha value is -3.90. The Balaban J connectivity index is 1.66. The maximum atomic E-state index is 13.4. The van der Waals surface area contributed by atoms with Gasteiger partial charge in [-0.3, -0.25) is 9.52 Å². The summed E-state index contributed by atoms with van der Waals surface area (Å²) in [6.45, 7) is 7.49. The Labute approximate surface area is 213 Å². The lowest BCUT2D eigenvalue weighted by atomic mass is 9.97. The van der Waals surface area contributed by atoms with Gasteiger partial charge in [0.15, 0.2) is 0 Å². The molecule has 0 aromatic heterocycles. The van der Waals surface area contributed by atoms with Gasteiger partial charge in [0.2, 0.25) is 0 Å². The van der Waals surface area contributed by atoms with Gasteiger partial charge in [-0.15, -0.1) is 0 Å². The molecule has 0 aliphatic heterocycles. The number of carbonyl (C=O) groups is 1. The van der Waals surface area contributed by atoms with Crippen molar-refractivity contribution in [3.8, 4) is 0 Å². The van der Waals surface area contributed by atoms with E-state index in [1.54, 1.807) is 25.1 Å². The fraction of sp³-hybridized carbons (Fsp3) is 0.167. The summed E-state index contributed by atoms with van der Waals surface area (Å²) >= 11 is 0. The molecular formula is C30H30N2O3S. The standard InChI is InChI=1S/C30H30N2O3S/c1-20-11-15-25(16-12-20)29(24-8-6-5-7-9-24)31-30(33)26-17-14-23(4)28(19-26)36(34,35)32-27-18-21(2)10-13-22(27)3/h5-19,29,32H,1-4H3,(H,31,33)/t29-/m0/s1. The third-order valence-electron chi connectivity index (χ3n) is 6.20. The van der Waals surface area contributed by atoms with Gasteiger partial charge in [0.1, 0.15) is 0 Å². The van der Waals surface area contributed by atoms with Gasteiger partial charge in [-0.05, 0) is 73.7 Å². The number of hydrogen-bond donors (Lipinski definition) is 2. The van der Waals surface area contributed by atoms with E-state index >= 15 is 0 Å². The van der Waals surface area contributed by atoms with E-state index in [1.807, 2.05) is 87.5 Å². The molecule has 0 spiro atoms. The summed E-state index contributed by atoms with van der Waals surface area (Å²) in [5.74, 6) is -0.354. The molecule has 4 aromatic carbocycles. The number of carbonyl (C=O) groups excluding carboxylic acids is 1. The molecule has 6 heteroatoms. The molecular weight excluding hydrogens is 468 g/mol. The summed E-state index contributed by atoms with van der Waals surface area (Å²) in [5.41, 5.74) is 6.13. The van der Waals surface area contributed by atoms with Crippen molar-refractivity contribution in [2.75, 3.05) is 4.72 Å². The van der Waals surface area contributed by atoms with Crippen LogP contribution in [0.1, 0.15) is 49.8 Å². The van der Waals surface area contributed by atoms with Gasteiger partial charge in [0.25, 0.3) is 15.9 Å². The van der Waals surface area contributed by atoms with E-state index < -0.39 is 10.0 Å². The molecule has 0 radical (unpaired) electrons. The minimum Gasteiger partial charge on any atom is -0.341 e. The number of hydrogen-bond acceptors (Lipinski definition) is 3. The second-order valence-corrected chi connectivity index (χ2v) is 10.8. The van der Waals surface area contributed by atoms with Crippen LogP contribution in [0.2, 0.25) is 0 Å². The third kappa shape index (κ3) is 5.66. The monoisotopic (exact) mass is 498 g/mol. The lowest BCUT2D eigenvalue weighted by molar-refractivity contribution is 0.0942. The van der Waals surface area contributed by atoms with E-state index in [-0.39, 0.29) is 22.4 Å². The Morgan fingerprint density at radius 2 is 1.31 bits per heavy atom. The molecule has 2 N–H and O–H groups in total. The summed E-state index contributed by atoms with van der Waals surface area (Å²) in [5, 5.41) is 3.10. The topological polar surface area (TPSA) is 75.3 Å². The molecule has 1 atom stereocenters. The van der Waals surface area contributed by atoms with Crippen molar-refractivity contribution in [2.45, 2.75) is 38.6 Å². The second kappa shape index (κ2) is 10.4. The summed E-state index contributed by atoms with van der Waals surface area (Å²) in [7, 11) is -3.91. The van der Waals surface area contributed by atoms with Crippen LogP contribution in [0, 0.1) is 27.7 Å². The maximum Gasteiger partial charge on any atom is 0.262 e. The number of nitrogens with one attached hydrogen (secondary N) is 2. The van der Waals surface area contributed by atoms with Gasteiger partial charge in [-0.2, -0.15) is 0 Å². The van der Waals surface area contributed by atoms with Crippen LogP contribution in [0.4, 0.5) is 5.69 Å². The largest absolute Gasteiger partial charge is 0.341 e. The van der Waals surface area contributed by atoms with Crippen molar-refractivity contribution in [3.05, 3.63) is 130 Å². The van der Waals surface area contributed by atoms with Gasteiger partial charge in [0, 0.05) is 5.56 Å². The normalized spacial score (nSPS) is 12.1. The highest BCUT2D eigenvalue weighted by Gasteiger charge is 2.22. The van der Waals surface area contributed by atoms with Crippen molar-refractivity contribution in [2.24, 2.45) is 0 Å². The van der Waals surface area contributed by atoms with Crippen LogP contribution in [0.5, 0.6) is 0 Å². The van der Waals surface area contributed by atoms with Crippen LogP contribution in [0.3, 0.4) is 0 Å². The maximum absolute atomic E-state index is 13.4. The van der Waals surface area contributed by atoms with E-state index in [4.69, 9.17) is 0 Å². The number of amides is 1. The highest BCUT2D eigenvalue weighted by Crippen LogP contribution is 2.26. The molecule has 1 amide bonds. The smallest absolute Gasteiger partial charge is 0.262 e. The zero-order chi connectivity index (χ0) is 25.9. The molecule has 0 aliphatic rings. The summed E-state index contributed by atoms with van der Waals surface area (Å²) in [6, 6.07) is 27.7. The molecule has 0 aliphatic carbocycles. The lowest BCUT2D eigenvalue weighted by Crippen LogP contribution is -2.29. The molecule has 0 heterocycles. The first-order chi connectivity index (χ1) is 17.1. The van der Waals surface area contributed by atoms with E-state index in [0.29, 0.717) is 11.3 Å². The molecule has 0 saturated carbocycles. The summed E-state index contributed by atoms with van der Waals surface area (Å²) in [6.07, 6.45) is 0. The van der Waals surface area contributed by atoms with Crippen molar-refractivity contribution in [3.63, 3.8) is 0 Å². The summed E-state index contributed by atoms with van der Waals surface area (Å²) < 4.78 is 29.3. The zero-order valence-corrected chi connectivity index (χ0v) is 21.7. The van der Waals surface area contributed by atoms with Crippen molar-refractivity contribution in [1.29, 1.82) is 0 Å². The Morgan fingerprint density at radius 3 is 2.00 bits per heavy atom. The first-order valence-electron chi connectivity index (χ1n) is 11.8. The fourth-order valence-electron chi connectivity index (χ4n) is 4.05. The first kappa shape index (κ1) is 25.2. The second-order valence-electron chi connectivity index (χ2n) is 9.13. The number of rotatable bonds is 7. The quantitative estimate of drug-likeness (QED) is 0.317. The van der Waals surface area contributed by atoms with Crippen LogP contribution in [0.25, 0.3) is 0 Å². The minimum atomic E-state index is -3.91. The first-order valence-corrected chi connectivity index (χ1v) is 13.3. The van der Waals surface area contributed by atoms with Gasteiger partial charge >= 0.3 is 0 Å². The summed E-state index contributed by atoms with van der Waals surface area (Å²) in [4.78, 5) is 13.5. The van der Waals surface area contributed by atoms with E-state index in [0.717, 1.165) is 27.8 Å². The molecule has 4 rings (SSSR count). The average Bonchev–Trinajstić information content (AvgIpc) is 2.86. The van der Waals surface area contributed by atoms with Gasteiger partial charge in [-0.1, -0.05) is 78.4 Å². The molecule has 184 valence electrons. The molecule has 0 bridgehead atoms. The average molecular weight is 499 g/mol.